The molecule has 1 aromatic heterocycles. The number of amides is 1. The molecule has 1 N–H and O–H groups in total. The molecule has 1 amide bonds. The molecule has 0 aliphatic carbocycles. The van der Waals surface area contributed by atoms with E-state index in [1.807, 2.05) is 42.5 Å². The number of aryl methyl sites for hydroxylation is 1. The number of hydrogen-bond donors (Lipinski definition) is 1. The Labute approximate surface area is 162 Å². The third-order valence-electron chi connectivity index (χ3n) is 4.30. The highest BCUT2D eigenvalue weighted by molar-refractivity contribution is 8.00. The lowest BCUT2D eigenvalue weighted by Gasteiger charge is -2.19. The van der Waals surface area contributed by atoms with Gasteiger partial charge in [0.2, 0.25) is 5.91 Å². The molecule has 2 heterocycles. The first-order valence-electron chi connectivity index (χ1n) is 8.94. The fourth-order valence-electron chi connectivity index (χ4n) is 2.97. The molecule has 0 saturated carbocycles. The number of carbonyl (C=O) groups is 1. The third-order valence-corrected chi connectivity index (χ3v) is 5.33. The highest BCUT2D eigenvalue weighted by Crippen LogP contribution is 2.35. The Kier molecular flexibility index (Phi) is 5.16. The van der Waals surface area contributed by atoms with Crippen molar-refractivity contribution < 1.29 is 14.3 Å². The summed E-state index contributed by atoms with van der Waals surface area (Å²) in [5.41, 5.74) is 2.77. The minimum atomic E-state index is -0.0441. The van der Waals surface area contributed by atoms with Crippen LogP contribution in [0, 0.1) is 0 Å². The van der Waals surface area contributed by atoms with E-state index in [1.165, 1.54) is 11.8 Å². The van der Waals surface area contributed by atoms with Crippen LogP contribution in [0.25, 0.3) is 10.9 Å². The molecule has 4 rings (SSSR count). The summed E-state index contributed by atoms with van der Waals surface area (Å²) in [5, 5.41) is 4.81. The van der Waals surface area contributed by atoms with Crippen LogP contribution in [0.5, 0.6) is 11.5 Å². The van der Waals surface area contributed by atoms with Crippen LogP contribution in [0.2, 0.25) is 0 Å². The quantitative estimate of drug-likeness (QED) is 0.669. The van der Waals surface area contributed by atoms with Gasteiger partial charge in [0.05, 0.1) is 11.3 Å². The van der Waals surface area contributed by atoms with Gasteiger partial charge in [-0.15, -0.1) is 0 Å². The lowest BCUT2D eigenvalue weighted by molar-refractivity contribution is -0.113. The molecule has 0 saturated heterocycles. The van der Waals surface area contributed by atoms with Crippen LogP contribution in [0.4, 0.5) is 5.69 Å². The van der Waals surface area contributed by atoms with Gasteiger partial charge in [-0.1, -0.05) is 36.9 Å². The smallest absolute Gasteiger partial charge is 0.234 e. The number of benzene rings is 2. The van der Waals surface area contributed by atoms with Gasteiger partial charge in [-0.05, 0) is 36.2 Å². The maximum atomic E-state index is 12.2. The van der Waals surface area contributed by atoms with Crippen LogP contribution in [0.15, 0.2) is 53.6 Å². The molecule has 0 radical (unpaired) electrons. The lowest BCUT2D eigenvalue weighted by atomic mass is 10.1. The van der Waals surface area contributed by atoms with E-state index in [1.54, 1.807) is 0 Å². The fraction of sp³-hybridized carbons (Fsp3) is 0.238. The molecule has 27 heavy (non-hydrogen) atoms. The third kappa shape index (κ3) is 4.01. The van der Waals surface area contributed by atoms with E-state index in [0.717, 1.165) is 45.1 Å². The van der Waals surface area contributed by atoms with E-state index in [-0.39, 0.29) is 5.91 Å². The topological polar surface area (TPSA) is 60.5 Å². The highest BCUT2D eigenvalue weighted by Gasteiger charge is 2.15. The Morgan fingerprint density at radius 2 is 1.85 bits per heavy atom. The molecule has 3 aromatic rings. The number of ether oxygens (including phenoxy) is 2. The summed E-state index contributed by atoms with van der Waals surface area (Å²) >= 11 is 1.46. The number of nitrogens with one attached hydrogen (secondary N) is 1. The Balaban J connectivity index is 1.54. The first kappa shape index (κ1) is 17.7. The van der Waals surface area contributed by atoms with Crippen LogP contribution >= 0.6 is 11.8 Å². The molecule has 1 aliphatic heterocycles. The summed E-state index contributed by atoms with van der Waals surface area (Å²) in [6, 6.07) is 15.5. The number of hydrogen-bond acceptors (Lipinski definition) is 5. The van der Waals surface area contributed by atoms with E-state index in [4.69, 9.17) is 14.5 Å². The number of nitrogens with zero attached hydrogens (tertiary/aromatic N) is 1. The van der Waals surface area contributed by atoms with Crippen molar-refractivity contribution in [2.24, 2.45) is 0 Å². The summed E-state index contributed by atoms with van der Waals surface area (Å²) in [6.07, 6.45) is 0.847. The Morgan fingerprint density at radius 1 is 1.11 bits per heavy atom. The zero-order chi connectivity index (χ0) is 18.6. The molecular weight excluding hydrogens is 360 g/mol. The van der Waals surface area contributed by atoms with E-state index in [0.29, 0.717) is 19.0 Å². The zero-order valence-corrected chi connectivity index (χ0v) is 15.8. The van der Waals surface area contributed by atoms with E-state index in [2.05, 4.69) is 18.3 Å². The monoisotopic (exact) mass is 380 g/mol. The SMILES string of the molecule is CCc1cc2cc3c(cc2nc1SCC(=O)Nc1ccccc1)OCCO3. The summed E-state index contributed by atoms with van der Waals surface area (Å²) in [5.74, 6) is 1.76. The second-order valence-corrected chi connectivity index (χ2v) is 7.16. The summed E-state index contributed by atoms with van der Waals surface area (Å²) < 4.78 is 11.3. The highest BCUT2D eigenvalue weighted by atomic mass is 32.2. The van der Waals surface area contributed by atoms with E-state index in [9.17, 15) is 4.79 Å². The minimum absolute atomic E-state index is 0.0441. The summed E-state index contributed by atoms with van der Waals surface area (Å²) in [7, 11) is 0. The maximum absolute atomic E-state index is 12.2. The predicted octanol–water partition coefficient (Wildman–Crippen LogP) is 4.30. The first-order valence-corrected chi connectivity index (χ1v) is 9.92. The average Bonchev–Trinajstić information content (AvgIpc) is 2.70. The zero-order valence-electron chi connectivity index (χ0n) is 15.0. The number of thioether (sulfide) groups is 1. The summed E-state index contributed by atoms with van der Waals surface area (Å²) in [6.45, 7) is 3.21. The number of anilines is 1. The normalized spacial score (nSPS) is 12.8. The van der Waals surface area contributed by atoms with Gasteiger partial charge in [-0.3, -0.25) is 4.79 Å². The number of fused-ring (bicyclic) bond motifs is 2. The van der Waals surface area contributed by atoms with Crippen LogP contribution in [-0.2, 0) is 11.2 Å². The summed E-state index contributed by atoms with van der Waals surface area (Å²) in [4.78, 5) is 17.0. The van der Waals surface area contributed by atoms with Gasteiger partial charge < -0.3 is 14.8 Å². The molecule has 2 aromatic carbocycles. The fourth-order valence-corrected chi connectivity index (χ4v) is 3.86. The first-order chi connectivity index (χ1) is 13.2. The van der Waals surface area contributed by atoms with Gasteiger partial charge in [0.1, 0.15) is 18.2 Å². The molecule has 0 fully saturated rings. The number of aromatic nitrogens is 1. The minimum Gasteiger partial charge on any atom is -0.486 e. The molecule has 0 atom stereocenters. The van der Waals surface area contributed by atoms with Gasteiger partial charge in [0, 0.05) is 17.1 Å². The standard InChI is InChI=1S/C21H20N2O3S/c1-2-14-10-15-11-18-19(26-9-8-25-18)12-17(15)23-21(14)27-13-20(24)22-16-6-4-3-5-7-16/h3-7,10-12H,2,8-9,13H2,1H3,(H,22,24). The Morgan fingerprint density at radius 3 is 2.59 bits per heavy atom. The van der Waals surface area contributed by atoms with Crippen molar-refractivity contribution in [3.05, 3.63) is 54.1 Å². The largest absolute Gasteiger partial charge is 0.486 e. The van der Waals surface area contributed by atoms with Crippen molar-refractivity contribution >= 4 is 34.3 Å². The maximum Gasteiger partial charge on any atom is 0.234 e. The van der Waals surface area contributed by atoms with Crippen LogP contribution < -0.4 is 14.8 Å². The van der Waals surface area contributed by atoms with Crippen LogP contribution in [-0.4, -0.2) is 29.9 Å². The Bertz CT molecular complexity index is 976. The van der Waals surface area contributed by atoms with Crippen molar-refractivity contribution in [2.75, 3.05) is 24.3 Å². The molecule has 0 bridgehead atoms. The van der Waals surface area contributed by atoms with Crippen molar-refractivity contribution in [1.82, 2.24) is 4.98 Å². The number of rotatable bonds is 5. The van der Waals surface area contributed by atoms with Crippen molar-refractivity contribution in [3.63, 3.8) is 0 Å². The van der Waals surface area contributed by atoms with Crippen molar-refractivity contribution in [2.45, 2.75) is 18.4 Å². The molecule has 5 nitrogen and oxygen atoms in total. The van der Waals surface area contributed by atoms with E-state index >= 15 is 0 Å². The number of para-hydroxylation sites is 1. The van der Waals surface area contributed by atoms with E-state index < -0.39 is 0 Å². The molecule has 1 aliphatic rings. The lowest BCUT2D eigenvalue weighted by Crippen LogP contribution is -2.15. The number of pyridine rings is 1. The Hall–Kier alpha value is -2.73. The average molecular weight is 380 g/mol. The van der Waals surface area contributed by atoms with Gasteiger partial charge in [-0.25, -0.2) is 4.98 Å². The van der Waals surface area contributed by atoms with Crippen molar-refractivity contribution in [3.8, 4) is 11.5 Å². The second-order valence-electron chi connectivity index (χ2n) is 6.20. The van der Waals surface area contributed by atoms with Crippen LogP contribution in [0.1, 0.15) is 12.5 Å². The van der Waals surface area contributed by atoms with Gasteiger partial charge in [0.25, 0.3) is 0 Å². The molecule has 6 heteroatoms. The molecule has 0 unspecified atom stereocenters. The predicted molar refractivity (Wildman–Crippen MR) is 108 cm³/mol. The number of carbonyl (C=O) groups excluding carboxylic acids is 1. The van der Waals surface area contributed by atoms with Gasteiger partial charge in [-0.2, -0.15) is 0 Å². The van der Waals surface area contributed by atoms with Crippen LogP contribution in [0.3, 0.4) is 0 Å². The molecular formula is C21H20N2O3S. The van der Waals surface area contributed by atoms with Gasteiger partial charge >= 0.3 is 0 Å². The molecule has 138 valence electrons. The van der Waals surface area contributed by atoms with Gasteiger partial charge in [0.15, 0.2) is 11.5 Å². The second kappa shape index (κ2) is 7.88. The molecule has 0 spiro atoms. The van der Waals surface area contributed by atoms with Crippen molar-refractivity contribution in [1.29, 1.82) is 0 Å².